The number of rotatable bonds is 0. The van der Waals surface area contributed by atoms with Crippen LogP contribution in [0, 0.1) is 0 Å². The molecule has 2 N–H and O–H groups in total. The smallest absolute Gasteiger partial charge is 0.412 e. The van der Waals surface area contributed by atoms with Crippen molar-refractivity contribution in [2.75, 3.05) is 0 Å². The van der Waals surface area contributed by atoms with Crippen LogP contribution < -0.4 is 0 Å². The summed E-state index contributed by atoms with van der Waals surface area (Å²) in [5, 5.41) is 0. The Bertz CT molecular complexity index is 9.61. The molecule has 0 rings (SSSR count). The molecule has 3 heteroatoms. The van der Waals surface area contributed by atoms with Gasteiger partial charge < -0.3 is 5.48 Å². The van der Waals surface area contributed by atoms with E-state index in [0.717, 1.165) is 0 Å². The van der Waals surface area contributed by atoms with Crippen molar-refractivity contribution in [1.29, 1.82) is 0 Å². The fraction of sp³-hybridized carbons (Fsp3) is 1.00. The number of hydrogen-bond acceptors (Lipinski definition) is 0. The third kappa shape index (κ3) is 13.9. The van der Waals surface area contributed by atoms with E-state index in [0.29, 0.717) is 0 Å². The van der Waals surface area contributed by atoms with Crippen molar-refractivity contribution in [3.05, 3.63) is 0 Å². The maximum absolute atomic E-state index is 2.33. The molecule has 30 valence electrons. The second-order valence-corrected chi connectivity index (χ2v) is 0. The zero-order chi connectivity index (χ0) is 2.00. The molecule has 0 bridgehead atoms. The summed E-state index contributed by atoms with van der Waals surface area (Å²) in [5.41, 5.74) is 0. The molecule has 0 aliphatic carbocycles. The summed E-state index contributed by atoms with van der Waals surface area (Å²) in [4.78, 5) is 0. The summed E-state index contributed by atoms with van der Waals surface area (Å²) < 4.78 is 0. The molecule has 0 saturated carbocycles. The molecule has 0 fully saturated rings. The molecule has 0 radical (unpaired) electrons. The summed E-state index contributed by atoms with van der Waals surface area (Å²) in [6, 6.07) is 0. The van der Waals surface area contributed by atoms with Crippen LogP contribution in [0.25, 0.3) is 0 Å². The monoisotopic (exact) mass is 101 g/mol. The average molecular weight is 101 g/mol. The molecule has 0 aromatic carbocycles. The van der Waals surface area contributed by atoms with Crippen LogP contribution in [-0.4, -0.2) is 5.48 Å². The molecule has 2 atom stereocenters. The topological polar surface area (TPSA) is 31.5 Å². The Morgan fingerprint density at radius 3 is 1.25 bits per heavy atom. The van der Waals surface area contributed by atoms with E-state index in [1.165, 1.54) is 0 Å². The molecular formula is CH11OP2+. The minimum atomic E-state index is 0. The Labute approximate surface area is 33.3 Å². The van der Waals surface area contributed by atoms with Gasteiger partial charge >= 0.3 is 1.43 Å². The van der Waals surface area contributed by atoms with Gasteiger partial charge in [-0.25, -0.2) is 0 Å². The summed E-state index contributed by atoms with van der Waals surface area (Å²) in [5.74, 6) is 0. The Morgan fingerprint density at radius 1 is 1.25 bits per heavy atom. The SMILES string of the molecule is C.O.PP.[H+]. The zero-order valence-electron chi connectivity index (χ0n) is 2.65. The summed E-state index contributed by atoms with van der Waals surface area (Å²) in [6.07, 6.45) is 0. The van der Waals surface area contributed by atoms with Gasteiger partial charge in [-0.05, 0) is 0 Å². The number of hydrogen-bond donors (Lipinski definition) is 0. The lowest BCUT2D eigenvalue weighted by atomic mass is 12.0. The van der Waals surface area contributed by atoms with Gasteiger partial charge in [-0.3, -0.25) is 0 Å². The molecule has 1 nitrogen and oxygen atoms in total. The fourth-order valence-corrected chi connectivity index (χ4v) is 0. The first-order valence-electron chi connectivity index (χ1n) is 0.333. The van der Waals surface area contributed by atoms with Gasteiger partial charge in [0.15, 0.2) is 0 Å². The molecular weight excluding hydrogens is 90.0 g/mol. The highest BCUT2D eigenvalue weighted by Gasteiger charge is 0.882. The standard InChI is InChI=1S/CH4.H2O.H4P2/c;;1-2/h1H4;1H2;1-2H2/p+1. The van der Waals surface area contributed by atoms with Crippen LogP contribution in [0.2, 0.25) is 0 Å². The molecule has 0 aromatic rings. The van der Waals surface area contributed by atoms with Crippen LogP contribution in [-0.2, 0) is 0 Å². The largest absolute Gasteiger partial charge is 1.00 e. The van der Waals surface area contributed by atoms with Gasteiger partial charge in [0, 0.05) is 0 Å². The third-order valence-corrected chi connectivity index (χ3v) is 0. The second-order valence-electron chi connectivity index (χ2n) is 0. The van der Waals surface area contributed by atoms with Gasteiger partial charge in [-0.15, -0.1) is 17.9 Å². The Morgan fingerprint density at radius 2 is 1.25 bits per heavy atom. The Hall–Kier alpha value is 0.820. The second kappa shape index (κ2) is 45.2. The van der Waals surface area contributed by atoms with Gasteiger partial charge in [0.2, 0.25) is 0 Å². The summed E-state index contributed by atoms with van der Waals surface area (Å²) >= 11 is 0. The summed E-state index contributed by atoms with van der Waals surface area (Å²) in [6.45, 7) is 0. The normalized spacial score (nSPS) is 1.50. The highest BCUT2D eigenvalue weighted by Crippen LogP contribution is 1.86. The molecule has 0 saturated heterocycles. The van der Waals surface area contributed by atoms with Crippen molar-refractivity contribution in [3.63, 3.8) is 0 Å². The molecule has 0 aliphatic rings. The van der Waals surface area contributed by atoms with E-state index >= 15 is 0 Å². The van der Waals surface area contributed by atoms with Crippen molar-refractivity contribution >= 4 is 17.9 Å². The van der Waals surface area contributed by atoms with Crippen LogP contribution in [0.5, 0.6) is 0 Å². The van der Waals surface area contributed by atoms with Gasteiger partial charge in [-0.1, -0.05) is 7.43 Å². The van der Waals surface area contributed by atoms with Gasteiger partial charge in [-0.2, -0.15) is 0 Å². The van der Waals surface area contributed by atoms with Crippen molar-refractivity contribution in [2.24, 2.45) is 0 Å². The van der Waals surface area contributed by atoms with Crippen LogP contribution in [0.4, 0.5) is 0 Å². The predicted molar refractivity (Wildman–Crippen MR) is 30.9 cm³/mol. The molecule has 2 unspecified atom stereocenters. The summed E-state index contributed by atoms with van der Waals surface area (Å²) in [7, 11) is 4.67. The van der Waals surface area contributed by atoms with Gasteiger partial charge in [0.25, 0.3) is 0 Å². The molecule has 4 heavy (non-hydrogen) atoms. The van der Waals surface area contributed by atoms with E-state index in [9.17, 15) is 0 Å². The lowest BCUT2D eigenvalue weighted by Crippen LogP contribution is -0.289. The third-order valence-electron chi connectivity index (χ3n) is 0. The maximum Gasteiger partial charge on any atom is 1.00 e. The van der Waals surface area contributed by atoms with E-state index in [2.05, 4.69) is 17.9 Å². The molecule has 0 spiro atoms. The van der Waals surface area contributed by atoms with Crippen LogP contribution >= 0.6 is 17.9 Å². The van der Waals surface area contributed by atoms with E-state index < -0.39 is 0 Å². The Balaban J connectivity index is -0.00000000167. The highest BCUT2D eigenvalue weighted by molar-refractivity contribution is 7.92. The van der Waals surface area contributed by atoms with Gasteiger partial charge in [0.1, 0.15) is 0 Å². The molecule has 0 heterocycles. The molecule has 0 amide bonds. The molecule has 0 aliphatic heterocycles. The average Bonchev–Trinajstić information content (AvgIpc) is 1.00. The predicted octanol–water partition coefficient (Wildman–Crippen LogP) is 0.575. The van der Waals surface area contributed by atoms with Crippen LogP contribution in [0.1, 0.15) is 8.85 Å². The Kier molecular flexibility index (Phi) is 240. The zero-order valence-corrected chi connectivity index (χ0v) is 3.96. The first-order chi connectivity index (χ1) is 1.00. The first kappa shape index (κ1) is 21.2. The minimum Gasteiger partial charge on any atom is -0.412 e. The van der Waals surface area contributed by atoms with Crippen LogP contribution in [0.15, 0.2) is 0 Å². The van der Waals surface area contributed by atoms with E-state index in [1.54, 1.807) is 0 Å². The minimum absolute atomic E-state index is 0. The lowest BCUT2D eigenvalue weighted by Gasteiger charge is -1.12. The maximum atomic E-state index is 2.33. The molecule has 0 aromatic heterocycles. The van der Waals surface area contributed by atoms with Crippen molar-refractivity contribution in [2.45, 2.75) is 7.43 Å². The fourth-order valence-electron chi connectivity index (χ4n) is 0. The quantitative estimate of drug-likeness (QED) is 0.399. The first-order valence-corrected chi connectivity index (χ1v) is 3.00. The van der Waals surface area contributed by atoms with Crippen molar-refractivity contribution in [3.8, 4) is 0 Å². The van der Waals surface area contributed by atoms with E-state index in [-0.39, 0.29) is 14.3 Å². The lowest BCUT2D eigenvalue weighted by molar-refractivity contribution is 0.824. The van der Waals surface area contributed by atoms with Gasteiger partial charge in [0.05, 0.1) is 0 Å². The van der Waals surface area contributed by atoms with E-state index in [1.807, 2.05) is 0 Å². The van der Waals surface area contributed by atoms with Crippen molar-refractivity contribution < 1.29 is 6.90 Å². The highest BCUT2D eigenvalue weighted by atomic mass is 32.0. The van der Waals surface area contributed by atoms with Crippen LogP contribution in [0.3, 0.4) is 0 Å². The van der Waals surface area contributed by atoms with Crippen molar-refractivity contribution in [1.82, 2.24) is 0 Å². The van der Waals surface area contributed by atoms with E-state index in [4.69, 9.17) is 0 Å².